The van der Waals surface area contributed by atoms with E-state index in [4.69, 9.17) is 0 Å². The maximum Gasteiger partial charge on any atom is 0.261 e. The third kappa shape index (κ3) is 4.97. The molecule has 1 aliphatic carbocycles. The van der Waals surface area contributed by atoms with Gasteiger partial charge in [0.1, 0.15) is 0 Å². The normalized spacial score (nSPS) is 15.7. The van der Waals surface area contributed by atoms with Crippen LogP contribution in [0.1, 0.15) is 55.2 Å². The van der Waals surface area contributed by atoms with Crippen molar-refractivity contribution in [3.8, 4) is 10.4 Å². The smallest absolute Gasteiger partial charge is 0.261 e. The number of hydrogen-bond donors (Lipinski definition) is 2. The highest BCUT2D eigenvalue weighted by Gasteiger charge is 2.29. The fourth-order valence-corrected chi connectivity index (χ4v) is 6.49. The number of amides is 3. The molecule has 0 unspecified atom stereocenters. The molecule has 41 heavy (non-hydrogen) atoms. The van der Waals surface area contributed by atoms with Crippen molar-refractivity contribution in [2.45, 2.75) is 31.7 Å². The van der Waals surface area contributed by atoms with Crippen LogP contribution in [-0.4, -0.2) is 48.4 Å². The number of benzene rings is 2. The Kier molecular flexibility index (Phi) is 6.51. The Hall–Kier alpha value is -4.50. The van der Waals surface area contributed by atoms with Gasteiger partial charge in [-0.15, -0.1) is 11.3 Å². The Morgan fingerprint density at radius 2 is 1.71 bits per heavy atom. The van der Waals surface area contributed by atoms with E-state index in [9.17, 15) is 14.4 Å². The number of hydrogen-bond acceptors (Lipinski definition) is 6. The van der Waals surface area contributed by atoms with E-state index in [-0.39, 0.29) is 17.7 Å². The largest absolute Gasteiger partial charge is 0.370 e. The van der Waals surface area contributed by atoms with E-state index in [0.29, 0.717) is 35.8 Å². The van der Waals surface area contributed by atoms with Crippen molar-refractivity contribution < 1.29 is 14.4 Å². The lowest BCUT2D eigenvalue weighted by atomic mass is 10.1. The number of aromatic nitrogens is 1. The van der Waals surface area contributed by atoms with Crippen LogP contribution in [0.5, 0.6) is 0 Å². The van der Waals surface area contributed by atoms with Gasteiger partial charge < -0.3 is 20.4 Å². The average molecular weight is 564 g/mol. The van der Waals surface area contributed by atoms with Crippen molar-refractivity contribution in [1.82, 2.24) is 10.3 Å². The van der Waals surface area contributed by atoms with Crippen molar-refractivity contribution in [2.75, 3.05) is 34.8 Å². The standard InChI is InChI=1S/C32H29N5O3S/c38-30(25-12-14-33-19-27(25)36-15-3-16-36)34-22-8-6-20(7-9-22)32(40)37-17-13-21-18-28(31(39)35-23-10-11-23)41-29(21)24-4-1-2-5-26(24)37/h1-2,4-9,12,14,18-19,23H,3,10-11,13,15-17H2,(H,34,38)(H,35,39). The number of carbonyl (C=O) groups is 3. The molecule has 2 N–H and O–H groups in total. The first kappa shape index (κ1) is 25.5. The molecular weight excluding hydrogens is 534 g/mol. The maximum absolute atomic E-state index is 13.8. The Bertz CT molecular complexity index is 1660. The fourth-order valence-electron chi connectivity index (χ4n) is 5.34. The summed E-state index contributed by atoms with van der Waals surface area (Å²) in [7, 11) is 0. The molecule has 2 aliphatic heterocycles. The van der Waals surface area contributed by atoms with Crippen molar-refractivity contribution in [3.63, 3.8) is 0 Å². The van der Waals surface area contributed by atoms with Crippen LogP contribution in [0.2, 0.25) is 0 Å². The van der Waals surface area contributed by atoms with Crippen LogP contribution in [-0.2, 0) is 6.42 Å². The molecule has 2 aromatic heterocycles. The third-order valence-corrected chi connectivity index (χ3v) is 9.08. The van der Waals surface area contributed by atoms with Gasteiger partial charge in [0.15, 0.2) is 0 Å². The van der Waals surface area contributed by atoms with Crippen LogP contribution in [0.3, 0.4) is 0 Å². The highest BCUT2D eigenvalue weighted by molar-refractivity contribution is 7.17. The Morgan fingerprint density at radius 3 is 2.46 bits per heavy atom. The minimum absolute atomic E-state index is 0.0103. The lowest BCUT2D eigenvalue weighted by Crippen LogP contribution is -2.38. The second kappa shape index (κ2) is 10.5. The van der Waals surface area contributed by atoms with Gasteiger partial charge in [-0.25, -0.2) is 0 Å². The monoisotopic (exact) mass is 563 g/mol. The molecule has 206 valence electrons. The van der Waals surface area contributed by atoms with Crippen LogP contribution in [0.25, 0.3) is 10.4 Å². The zero-order valence-electron chi connectivity index (χ0n) is 22.4. The molecule has 2 aromatic carbocycles. The maximum atomic E-state index is 13.8. The van der Waals surface area contributed by atoms with E-state index < -0.39 is 0 Å². The van der Waals surface area contributed by atoms with Crippen LogP contribution >= 0.6 is 11.3 Å². The van der Waals surface area contributed by atoms with Crippen LogP contribution in [0, 0.1) is 0 Å². The number of anilines is 3. The molecule has 0 atom stereocenters. The predicted molar refractivity (Wildman–Crippen MR) is 161 cm³/mol. The molecule has 0 bridgehead atoms. The lowest BCUT2D eigenvalue weighted by molar-refractivity contribution is 0.0952. The molecule has 0 spiro atoms. The van der Waals surface area contributed by atoms with Gasteiger partial charge in [-0.2, -0.15) is 0 Å². The number of nitrogens with one attached hydrogen (secondary N) is 2. The number of fused-ring (bicyclic) bond motifs is 3. The Balaban J connectivity index is 1.09. The minimum atomic E-state index is -0.203. The SMILES string of the molecule is O=C(NC1CC1)c1cc2c(s1)-c1ccccc1N(C(=O)c1ccc(NC(=O)c3ccncc3N3CCC3)cc1)CC2. The second-order valence-corrected chi connectivity index (χ2v) is 11.8. The molecule has 3 aliphatic rings. The number of pyridine rings is 1. The second-order valence-electron chi connectivity index (χ2n) is 10.7. The van der Waals surface area contributed by atoms with Gasteiger partial charge in [0.25, 0.3) is 17.7 Å². The average Bonchev–Trinajstić information content (AvgIpc) is 3.71. The molecule has 4 aromatic rings. The number of rotatable bonds is 6. The van der Waals surface area contributed by atoms with E-state index in [1.165, 1.54) is 11.3 Å². The molecule has 7 rings (SSSR count). The summed E-state index contributed by atoms with van der Waals surface area (Å²) in [6.07, 6.45) is 7.23. The van der Waals surface area contributed by atoms with Gasteiger partial charge in [-0.1, -0.05) is 18.2 Å². The molecule has 0 radical (unpaired) electrons. The fraction of sp³-hybridized carbons (Fsp3) is 0.250. The highest BCUT2D eigenvalue weighted by Crippen LogP contribution is 2.42. The topological polar surface area (TPSA) is 94.6 Å². The molecule has 3 amide bonds. The summed E-state index contributed by atoms with van der Waals surface area (Å²) < 4.78 is 0. The first-order chi connectivity index (χ1) is 20.0. The van der Waals surface area contributed by atoms with Gasteiger partial charge in [0, 0.05) is 53.6 Å². The first-order valence-electron chi connectivity index (χ1n) is 14.0. The molecule has 1 saturated heterocycles. The van der Waals surface area contributed by atoms with Crippen molar-refractivity contribution >= 4 is 46.1 Å². The zero-order chi connectivity index (χ0) is 27.9. The summed E-state index contributed by atoms with van der Waals surface area (Å²) >= 11 is 1.50. The zero-order valence-corrected chi connectivity index (χ0v) is 23.2. The van der Waals surface area contributed by atoms with Crippen LogP contribution in [0.15, 0.2) is 73.1 Å². The number of nitrogens with zero attached hydrogens (tertiary/aromatic N) is 3. The Morgan fingerprint density at radius 1 is 0.902 bits per heavy atom. The predicted octanol–water partition coefficient (Wildman–Crippen LogP) is 5.37. The third-order valence-electron chi connectivity index (χ3n) is 7.87. The quantitative estimate of drug-likeness (QED) is 0.329. The van der Waals surface area contributed by atoms with E-state index in [0.717, 1.165) is 64.6 Å². The van der Waals surface area contributed by atoms with Crippen molar-refractivity contribution in [2.24, 2.45) is 0 Å². The van der Waals surface area contributed by atoms with Gasteiger partial charge in [-0.05, 0) is 73.7 Å². The van der Waals surface area contributed by atoms with E-state index in [1.54, 1.807) is 42.7 Å². The van der Waals surface area contributed by atoms with Gasteiger partial charge in [0.2, 0.25) is 0 Å². The van der Waals surface area contributed by atoms with E-state index in [2.05, 4.69) is 20.5 Å². The molecular formula is C32H29N5O3S. The molecule has 2 fully saturated rings. The summed E-state index contributed by atoms with van der Waals surface area (Å²) in [4.78, 5) is 49.5. The van der Waals surface area contributed by atoms with Crippen LogP contribution in [0.4, 0.5) is 17.1 Å². The number of para-hydroxylation sites is 1. The van der Waals surface area contributed by atoms with Gasteiger partial charge in [0.05, 0.1) is 28.0 Å². The molecule has 1 saturated carbocycles. The highest BCUT2D eigenvalue weighted by atomic mass is 32.1. The molecule has 8 nitrogen and oxygen atoms in total. The summed E-state index contributed by atoms with van der Waals surface area (Å²) in [5.74, 6) is -0.318. The van der Waals surface area contributed by atoms with Gasteiger partial charge >= 0.3 is 0 Å². The van der Waals surface area contributed by atoms with E-state index >= 15 is 0 Å². The number of carbonyl (C=O) groups excluding carboxylic acids is 3. The van der Waals surface area contributed by atoms with Gasteiger partial charge in [-0.3, -0.25) is 19.4 Å². The molecule has 4 heterocycles. The van der Waals surface area contributed by atoms with Crippen molar-refractivity contribution in [3.05, 3.63) is 94.6 Å². The summed E-state index contributed by atoms with van der Waals surface area (Å²) in [5, 5.41) is 6.04. The lowest BCUT2D eigenvalue weighted by Gasteiger charge is -2.34. The first-order valence-corrected chi connectivity index (χ1v) is 14.8. The van der Waals surface area contributed by atoms with Crippen molar-refractivity contribution in [1.29, 1.82) is 0 Å². The number of thiophene rings is 1. The molecule has 9 heteroatoms. The minimum Gasteiger partial charge on any atom is -0.370 e. The van der Waals surface area contributed by atoms with E-state index in [1.807, 2.05) is 35.2 Å². The summed E-state index contributed by atoms with van der Waals surface area (Å²) in [5.41, 5.74) is 5.47. The Labute approximate surface area is 242 Å². The summed E-state index contributed by atoms with van der Waals surface area (Å²) in [6, 6.07) is 18.9. The summed E-state index contributed by atoms with van der Waals surface area (Å²) in [6.45, 7) is 2.35. The van der Waals surface area contributed by atoms with Crippen LogP contribution < -0.4 is 20.4 Å².